The second kappa shape index (κ2) is 11.3. The van der Waals surface area contributed by atoms with Crippen LogP contribution in [0.5, 0.6) is 0 Å². The minimum absolute atomic E-state index is 0.135. The molecule has 0 spiro atoms. The minimum atomic E-state index is -0.668. The van der Waals surface area contributed by atoms with Crippen molar-refractivity contribution >= 4 is 46.8 Å². The van der Waals surface area contributed by atoms with Gasteiger partial charge >= 0.3 is 0 Å². The van der Waals surface area contributed by atoms with Gasteiger partial charge in [0.2, 0.25) is 11.8 Å². The molecule has 1 N–H and O–H groups in total. The molecule has 0 aromatic heterocycles. The molecule has 7 heteroatoms. The molecule has 0 bridgehead atoms. The van der Waals surface area contributed by atoms with Gasteiger partial charge in [-0.25, -0.2) is 0 Å². The first-order chi connectivity index (χ1) is 14.5. The van der Waals surface area contributed by atoms with E-state index < -0.39 is 11.6 Å². The van der Waals surface area contributed by atoms with Gasteiger partial charge in [0.25, 0.3) is 0 Å². The van der Waals surface area contributed by atoms with Crippen molar-refractivity contribution in [3.8, 4) is 0 Å². The van der Waals surface area contributed by atoms with Crippen LogP contribution in [0.4, 0.5) is 0 Å². The smallest absolute Gasteiger partial charge is 0.242 e. The molecule has 2 aromatic carbocycles. The topological polar surface area (TPSA) is 49.4 Å². The Kier molecular flexibility index (Phi) is 9.28. The molecule has 0 saturated heterocycles. The summed E-state index contributed by atoms with van der Waals surface area (Å²) >= 11 is 14.2. The van der Waals surface area contributed by atoms with Crippen LogP contribution in [-0.2, 0) is 21.9 Å². The highest BCUT2D eigenvalue weighted by molar-refractivity contribution is 7.99. The van der Waals surface area contributed by atoms with Crippen LogP contribution in [0, 0.1) is 6.92 Å². The van der Waals surface area contributed by atoms with E-state index in [-0.39, 0.29) is 24.1 Å². The molecule has 31 heavy (non-hydrogen) atoms. The van der Waals surface area contributed by atoms with Gasteiger partial charge in [-0.1, -0.05) is 59.1 Å². The number of aryl methyl sites for hydroxylation is 1. The molecular weight excluding hydrogens is 451 g/mol. The summed E-state index contributed by atoms with van der Waals surface area (Å²) in [7, 11) is 0. The lowest BCUT2D eigenvalue weighted by molar-refractivity contribution is -0.139. The second-order valence-electron chi connectivity index (χ2n) is 8.62. The molecule has 0 saturated carbocycles. The summed E-state index contributed by atoms with van der Waals surface area (Å²) in [5.41, 5.74) is 2.59. The van der Waals surface area contributed by atoms with E-state index in [4.69, 9.17) is 23.2 Å². The highest BCUT2D eigenvalue weighted by Crippen LogP contribution is 2.27. The van der Waals surface area contributed by atoms with E-state index in [1.165, 1.54) is 17.3 Å². The minimum Gasteiger partial charge on any atom is -0.350 e. The van der Waals surface area contributed by atoms with Gasteiger partial charge in [-0.05, 0) is 52.3 Å². The Labute approximate surface area is 199 Å². The maximum atomic E-state index is 13.2. The molecule has 0 aliphatic carbocycles. The molecule has 0 aliphatic heterocycles. The van der Waals surface area contributed by atoms with Crippen molar-refractivity contribution in [3.63, 3.8) is 0 Å². The van der Waals surface area contributed by atoms with Crippen molar-refractivity contribution < 1.29 is 9.59 Å². The number of rotatable bonds is 8. The molecule has 0 heterocycles. The molecular formula is C24H30Cl2N2O2S. The van der Waals surface area contributed by atoms with Crippen LogP contribution in [0.2, 0.25) is 10.0 Å². The summed E-state index contributed by atoms with van der Waals surface area (Å²) < 4.78 is 0. The zero-order valence-corrected chi connectivity index (χ0v) is 21.0. The number of benzene rings is 2. The monoisotopic (exact) mass is 480 g/mol. The highest BCUT2D eigenvalue weighted by atomic mass is 35.5. The molecule has 0 aliphatic rings. The second-order valence-corrected chi connectivity index (χ2v) is 10.4. The predicted molar refractivity (Wildman–Crippen MR) is 132 cm³/mol. The van der Waals surface area contributed by atoms with Gasteiger partial charge in [0.15, 0.2) is 0 Å². The van der Waals surface area contributed by atoms with Crippen LogP contribution in [0.1, 0.15) is 44.4 Å². The number of hydrogen-bond donors (Lipinski definition) is 1. The van der Waals surface area contributed by atoms with E-state index in [1.807, 2.05) is 27.7 Å². The third-order valence-corrected chi connectivity index (χ3v) is 6.37. The first kappa shape index (κ1) is 25.6. The van der Waals surface area contributed by atoms with Crippen LogP contribution in [0.15, 0.2) is 42.5 Å². The summed E-state index contributed by atoms with van der Waals surface area (Å²) in [4.78, 5) is 27.5. The summed E-state index contributed by atoms with van der Waals surface area (Å²) in [5, 5.41) is 3.90. The van der Waals surface area contributed by atoms with Crippen molar-refractivity contribution in [1.29, 1.82) is 0 Å². The lowest BCUT2D eigenvalue weighted by Crippen LogP contribution is -2.52. The number of hydrogen-bond acceptors (Lipinski definition) is 3. The Bertz CT molecular complexity index is 891. The van der Waals surface area contributed by atoms with Crippen LogP contribution in [0.25, 0.3) is 0 Å². The van der Waals surface area contributed by atoms with Crippen LogP contribution < -0.4 is 5.32 Å². The van der Waals surface area contributed by atoms with E-state index >= 15 is 0 Å². The highest BCUT2D eigenvalue weighted by Gasteiger charge is 2.29. The van der Waals surface area contributed by atoms with Gasteiger partial charge in [0, 0.05) is 33.4 Å². The number of halogens is 2. The Morgan fingerprint density at radius 2 is 1.65 bits per heavy atom. The fraction of sp³-hybridized carbons (Fsp3) is 0.417. The molecule has 2 aromatic rings. The average molecular weight is 481 g/mol. The fourth-order valence-corrected chi connectivity index (χ4v) is 4.32. The number of carbonyl (C=O) groups is 2. The lowest BCUT2D eigenvalue weighted by Gasteiger charge is -2.32. The third kappa shape index (κ3) is 8.06. The molecule has 0 radical (unpaired) electrons. The Balaban J connectivity index is 2.16. The number of carbonyl (C=O) groups excluding carboxylic acids is 2. The number of nitrogens with one attached hydrogen (secondary N) is 1. The Morgan fingerprint density at radius 1 is 1.06 bits per heavy atom. The van der Waals surface area contributed by atoms with Gasteiger partial charge in [-0.15, -0.1) is 11.8 Å². The quantitative estimate of drug-likeness (QED) is 0.513. The van der Waals surface area contributed by atoms with Crippen LogP contribution in [-0.4, -0.2) is 34.0 Å². The van der Waals surface area contributed by atoms with E-state index in [1.54, 1.807) is 30.0 Å². The fourth-order valence-electron chi connectivity index (χ4n) is 2.93. The van der Waals surface area contributed by atoms with E-state index in [9.17, 15) is 9.59 Å². The molecule has 4 nitrogen and oxygen atoms in total. The van der Waals surface area contributed by atoms with Gasteiger partial charge in [0.1, 0.15) is 6.04 Å². The van der Waals surface area contributed by atoms with Gasteiger partial charge in [-0.3, -0.25) is 9.59 Å². The van der Waals surface area contributed by atoms with Gasteiger partial charge in [0.05, 0.1) is 5.75 Å². The zero-order chi connectivity index (χ0) is 23.2. The van der Waals surface area contributed by atoms with Crippen molar-refractivity contribution in [3.05, 3.63) is 69.2 Å². The van der Waals surface area contributed by atoms with Crippen LogP contribution in [0.3, 0.4) is 0 Å². The summed E-state index contributed by atoms with van der Waals surface area (Å²) in [5.74, 6) is 0.621. The molecule has 1 atom stereocenters. The summed E-state index contributed by atoms with van der Waals surface area (Å²) in [6.07, 6.45) is 0. The van der Waals surface area contributed by atoms with Gasteiger partial charge < -0.3 is 10.2 Å². The normalized spacial score (nSPS) is 12.4. The summed E-state index contributed by atoms with van der Waals surface area (Å²) in [6, 6.07) is 12.8. The Hall–Kier alpha value is -1.69. The van der Waals surface area contributed by atoms with E-state index in [0.29, 0.717) is 15.6 Å². The molecule has 1 unspecified atom stereocenters. The number of thioether (sulfide) groups is 1. The largest absolute Gasteiger partial charge is 0.350 e. The van der Waals surface area contributed by atoms with Gasteiger partial charge in [-0.2, -0.15) is 0 Å². The first-order valence-electron chi connectivity index (χ1n) is 10.2. The molecule has 0 fully saturated rings. The standard InChI is InChI=1S/C24H30Cl2N2O2S/c1-16-9-11-18(12-10-16)14-31-15-22(29)28(17(2)23(30)27-24(3,4)5)13-19-20(25)7-6-8-21(19)26/h6-12,17H,13-15H2,1-5H3,(H,27,30). The third-order valence-electron chi connectivity index (χ3n) is 4.67. The average Bonchev–Trinajstić information content (AvgIpc) is 2.67. The van der Waals surface area contributed by atoms with Crippen molar-refractivity contribution in [2.75, 3.05) is 5.75 Å². The number of amides is 2. The zero-order valence-electron chi connectivity index (χ0n) is 18.7. The molecule has 2 rings (SSSR count). The number of nitrogens with zero attached hydrogens (tertiary/aromatic N) is 1. The van der Waals surface area contributed by atoms with Crippen molar-refractivity contribution in [2.45, 2.75) is 58.5 Å². The first-order valence-corrected chi connectivity index (χ1v) is 12.1. The maximum Gasteiger partial charge on any atom is 0.242 e. The van der Waals surface area contributed by atoms with Crippen molar-refractivity contribution in [2.24, 2.45) is 0 Å². The van der Waals surface area contributed by atoms with E-state index in [0.717, 1.165) is 11.3 Å². The molecule has 2 amide bonds. The SMILES string of the molecule is Cc1ccc(CSCC(=O)N(Cc2c(Cl)cccc2Cl)C(C)C(=O)NC(C)(C)C)cc1. The molecule has 168 valence electrons. The predicted octanol–water partition coefficient (Wildman–Crippen LogP) is 5.87. The van der Waals surface area contributed by atoms with Crippen LogP contribution >= 0.6 is 35.0 Å². The summed E-state index contributed by atoms with van der Waals surface area (Å²) in [6.45, 7) is 9.67. The maximum absolute atomic E-state index is 13.2. The lowest BCUT2D eigenvalue weighted by atomic mass is 10.1. The van der Waals surface area contributed by atoms with E-state index in [2.05, 4.69) is 29.6 Å². The Morgan fingerprint density at radius 3 is 2.19 bits per heavy atom. The van der Waals surface area contributed by atoms with Crippen molar-refractivity contribution in [1.82, 2.24) is 10.2 Å².